The summed E-state index contributed by atoms with van der Waals surface area (Å²) in [5, 5.41) is 13.0. The molecule has 0 radical (unpaired) electrons. The molecule has 152 valence electrons. The monoisotopic (exact) mass is 411 g/mol. The maximum Gasteiger partial charge on any atom is 0.256 e. The number of carbonyl (C=O) groups is 2. The first-order valence-corrected chi connectivity index (χ1v) is 10.7. The van der Waals surface area contributed by atoms with Gasteiger partial charge in [-0.1, -0.05) is 25.8 Å². The van der Waals surface area contributed by atoms with Gasteiger partial charge < -0.3 is 15.0 Å². The number of ether oxygens (including phenoxy) is 1. The van der Waals surface area contributed by atoms with Crippen LogP contribution in [0, 0.1) is 11.3 Å². The van der Waals surface area contributed by atoms with Crippen molar-refractivity contribution in [3.05, 3.63) is 45.8 Å². The summed E-state index contributed by atoms with van der Waals surface area (Å²) >= 11 is 1.37. The van der Waals surface area contributed by atoms with Crippen molar-refractivity contribution in [1.29, 1.82) is 5.26 Å². The van der Waals surface area contributed by atoms with Crippen molar-refractivity contribution in [3.63, 3.8) is 0 Å². The van der Waals surface area contributed by atoms with Crippen LogP contribution in [0.25, 0.3) is 0 Å². The molecule has 0 atom stereocenters. The zero-order valence-electron chi connectivity index (χ0n) is 16.8. The van der Waals surface area contributed by atoms with Crippen LogP contribution in [0.1, 0.15) is 59.5 Å². The molecule has 0 bridgehead atoms. The highest BCUT2D eigenvalue weighted by atomic mass is 32.1. The van der Waals surface area contributed by atoms with E-state index in [1.54, 1.807) is 30.0 Å². The molecule has 0 saturated heterocycles. The van der Waals surface area contributed by atoms with Crippen LogP contribution < -0.4 is 10.1 Å². The van der Waals surface area contributed by atoms with E-state index in [-0.39, 0.29) is 11.8 Å². The Balaban J connectivity index is 1.73. The van der Waals surface area contributed by atoms with Crippen molar-refractivity contribution in [2.24, 2.45) is 0 Å². The number of unbranched alkanes of at least 4 members (excludes halogenated alkanes) is 2. The molecular formula is C22H25N3O3S. The summed E-state index contributed by atoms with van der Waals surface area (Å²) in [5.41, 5.74) is 1.94. The van der Waals surface area contributed by atoms with Crippen LogP contribution >= 0.6 is 11.3 Å². The van der Waals surface area contributed by atoms with Gasteiger partial charge >= 0.3 is 0 Å². The Bertz CT molecular complexity index is 945. The molecule has 1 aliphatic heterocycles. The van der Waals surface area contributed by atoms with Crippen molar-refractivity contribution in [1.82, 2.24) is 4.90 Å². The van der Waals surface area contributed by atoms with E-state index < -0.39 is 0 Å². The number of fused-ring (bicyclic) bond motifs is 1. The van der Waals surface area contributed by atoms with Gasteiger partial charge in [0.25, 0.3) is 5.91 Å². The number of amides is 2. The van der Waals surface area contributed by atoms with Crippen LogP contribution in [0.3, 0.4) is 0 Å². The van der Waals surface area contributed by atoms with Gasteiger partial charge in [-0.25, -0.2) is 0 Å². The summed E-state index contributed by atoms with van der Waals surface area (Å²) < 4.78 is 5.73. The van der Waals surface area contributed by atoms with Crippen LogP contribution in [-0.4, -0.2) is 29.9 Å². The van der Waals surface area contributed by atoms with Crippen molar-refractivity contribution in [2.45, 2.75) is 46.1 Å². The average Bonchev–Trinajstić information content (AvgIpc) is 3.07. The zero-order valence-corrected chi connectivity index (χ0v) is 17.6. The quantitative estimate of drug-likeness (QED) is 0.687. The van der Waals surface area contributed by atoms with Gasteiger partial charge in [0.2, 0.25) is 5.91 Å². The molecule has 0 fully saturated rings. The van der Waals surface area contributed by atoms with E-state index in [0.717, 1.165) is 29.7 Å². The highest BCUT2D eigenvalue weighted by molar-refractivity contribution is 7.16. The predicted octanol–water partition coefficient (Wildman–Crippen LogP) is 4.35. The van der Waals surface area contributed by atoms with E-state index in [2.05, 4.69) is 18.3 Å². The summed E-state index contributed by atoms with van der Waals surface area (Å²) in [4.78, 5) is 27.1. The number of hydrogen-bond acceptors (Lipinski definition) is 5. The first-order chi connectivity index (χ1) is 14.0. The predicted molar refractivity (Wildman–Crippen MR) is 113 cm³/mol. The lowest BCUT2D eigenvalue weighted by atomic mass is 10.0. The van der Waals surface area contributed by atoms with Crippen molar-refractivity contribution in [2.75, 3.05) is 18.5 Å². The number of anilines is 1. The minimum absolute atomic E-state index is 0.0175. The first-order valence-electron chi connectivity index (χ1n) is 9.87. The third-order valence-electron chi connectivity index (χ3n) is 4.95. The second-order valence-electron chi connectivity index (χ2n) is 7.05. The molecule has 1 aliphatic rings. The number of thiophene rings is 1. The fraction of sp³-hybridized carbons (Fsp3) is 0.409. The summed E-state index contributed by atoms with van der Waals surface area (Å²) in [6, 6.07) is 9.30. The van der Waals surface area contributed by atoms with Crippen LogP contribution in [0.15, 0.2) is 24.3 Å². The Hall–Kier alpha value is -2.85. The molecule has 0 unspecified atom stereocenters. The summed E-state index contributed by atoms with van der Waals surface area (Å²) in [6.45, 7) is 5.39. The first kappa shape index (κ1) is 20.9. The van der Waals surface area contributed by atoms with Crippen LogP contribution in [0.4, 0.5) is 5.00 Å². The lowest BCUT2D eigenvalue weighted by Gasteiger charge is -2.25. The second-order valence-corrected chi connectivity index (χ2v) is 8.15. The molecule has 3 rings (SSSR count). The standard InChI is InChI=1S/C22H25N3O3S/c1-3-4-5-11-28-17-8-6-7-16(12-17)21(27)24-22-19(13-23)18-9-10-25(15(2)26)14-20(18)29-22/h6-8,12H,3-5,9-11,14H2,1-2H3,(H,24,27). The highest BCUT2D eigenvalue weighted by Gasteiger charge is 2.26. The molecule has 1 N–H and O–H groups in total. The number of rotatable bonds is 7. The molecule has 6 nitrogen and oxygen atoms in total. The Morgan fingerprint density at radius 3 is 2.90 bits per heavy atom. The lowest BCUT2D eigenvalue weighted by Crippen LogP contribution is -2.33. The van der Waals surface area contributed by atoms with Gasteiger partial charge in [-0.05, 0) is 36.6 Å². The smallest absolute Gasteiger partial charge is 0.256 e. The van der Waals surface area contributed by atoms with Gasteiger partial charge in [0.15, 0.2) is 0 Å². The Morgan fingerprint density at radius 1 is 1.34 bits per heavy atom. The fourth-order valence-corrected chi connectivity index (χ4v) is 4.53. The molecule has 2 heterocycles. The molecule has 2 aromatic rings. The average molecular weight is 412 g/mol. The summed E-state index contributed by atoms with van der Waals surface area (Å²) in [5.74, 6) is 0.406. The summed E-state index contributed by atoms with van der Waals surface area (Å²) in [7, 11) is 0. The van der Waals surface area contributed by atoms with Gasteiger partial charge in [0, 0.05) is 23.9 Å². The zero-order chi connectivity index (χ0) is 20.8. The van der Waals surface area contributed by atoms with E-state index in [9.17, 15) is 14.9 Å². The van der Waals surface area contributed by atoms with E-state index in [0.29, 0.717) is 48.0 Å². The molecule has 1 aromatic carbocycles. The molecule has 1 aromatic heterocycles. The van der Waals surface area contributed by atoms with Gasteiger partial charge in [-0.3, -0.25) is 9.59 Å². The van der Waals surface area contributed by atoms with Crippen LogP contribution in [0.5, 0.6) is 5.75 Å². The van der Waals surface area contributed by atoms with E-state index >= 15 is 0 Å². The normalized spacial score (nSPS) is 12.8. The molecule has 2 amide bonds. The van der Waals surface area contributed by atoms with Gasteiger partial charge in [0.05, 0.1) is 18.7 Å². The minimum Gasteiger partial charge on any atom is -0.494 e. The topological polar surface area (TPSA) is 82.4 Å². The fourth-order valence-electron chi connectivity index (χ4n) is 3.32. The maximum atomic E-state index is 12.8. The number of benzene rings is 1. The van der Waals surface area contributed by atoms with E-state index in [1.165, 1.54) is 11.3 Å². The molecular weight excluding hydrogens is 386 g/mol. The van der Waals surface area contributed by atoms with E-state index in [4.69, 9.17) is 4.74 Å². The number of carbonyl (C=O) groups excluding carboxylic acids is 2. The largest absolute Gasteiger partial charge is 0.494 e. The number of nitriles is 1. The van der Waals surface area contributed by atoms with E-state index in [1.807, 2.05) is 6.07 Å². The van der Waals surface area contributed by atoms with Crippen LogP contribution in [-0.2, 0) is 17.8 Å². The molecule has 0 saturated carbocycles. The Morgan fingerprint density at radius 2 is 2.17 bits per heavy atom. The number of nitrogens with zero attached hydrogens (tertiary/aromatic N) is 2. The van der Waals surface area contributed by atoms with Gasteiger partial charge in [-0.15, -0.1) is 11.3 Å². The molecule has 29 heavy (non-hydrogen) atoms. The van der Waals surface area contributed by atoms with Crippen molar-refractivity contribution < 1.29 is 14.3 Å². The van der Waals surface area contributed by atoms with Crippen molar-refractivity contribution >= 4 is 28.2 Å². The third kappa shape index (κ3) is 4.96. The second kappa shape index (κ2) is 9.57. The Kier molecular flexibility index (Phi) is 6.89. The highest BCUT2D eigenvalue weighted by Crippen LogP contribution is 2.37. The molecule has 0 spiro atoms. The summed E-state index contributed by atoms with van der Waals surface area (Å²) in [6.07, 6.45) is 3.85. The molecule has 7 heteroatoms. The Labute approximate surface area is 175 Å². The molecule has 0 aliphatic carbocycles. The third-order valence-corrected chi connectivity index (χ3v) is 6.09. The number of hydrogen-bond donors (Lipinski definition) is 1. The lowest BCUT2D eigenvalue weighted by molar-refractivity contribution is -0.129. The van der Waals surface area contributed by atoms with Gasteiger partial charge in [-0.2, -0.15) is 5.26 Å². The van der Waals surface area contributed by atoms with Crippen LogP contribution in [0.2, 0.25) is 0 Å². The maximum absolute atomic E-state index is 12.8. The SMILES string of the molecule is CCCCCOc1cccc(C(=O)Nc2sc3c(c2C#N)CCN(C(C)=O)C3)c1. The minimum atomic E-state index is -0.275. The van der Waals surface area contributed by atoms with Crippen molar-refractivity contribution in [3.8, 4) is 11.8 Å². The van der Waals surface area contributed by atoms with Gasteiger partial charge in [0.1, 0.15) is 16.8 Å². The number of nitrogens with one attached hydrogen (secondary N) is 1.